The molecule has 1 amide bonds. The van der Waals surface area contributed by atoms with E-state index in [0.29, 0.717) is 32.6 Å². The number of halogens is 1. The second kappa shape index (κ2) is 6.52. The fourth-order valence-corrected chi connectivity index (χ4v) is 2.72. The summed E-state index contributed by atoms with van der Waals surface area (Å²) in [5.41, 5.74) is 5.34. The molecule has 6 heteroatoms. The quantitative estimate of drug-likeness (QED) is 0.889. The zero-order valence-electron chi connectivity index (χ0n) is 10.4. The molecule has 0 bridgehead atoms. The van der Waals surface area contributed by atoms with Crippen molar-refractivity contribution in [1.29, 1.82) is 0 Å². The van der Waals surface area contributed by atoms with E-state index in [4.69, 9.17) is 10.5 Å². The van der Waals surface area contributed by atoms with E-state index in [1.807, 2.05) is 6.07 Å². The largest absolute Gasteiger partial charge is 0.381 e. The van der Waals surface area contributed by atoms with Crippen LogP contribution in [0, 0.1) is 6.92 Å². The predicted octanol–water partition coefficient (Wildman–Crippen LogP) is 1.60. The number of carbonyl (C=O) groups excluding carboxylic acids is 1. The Morgan fingerprint density at radius 1 is 1.50 bits per heavy atom. The predicted molar refractivity (Wildman–Crippen MR) is 75.1 cm³/mol. The van der Waals surface area contributed by atoms with Gasteiger partial charge in [-0.2, -0.15) is 0 Å². The van der Waals surface area contributed by atoms with Crippen LogP contribution in [-0.4, -0.2) is 24.7 Å². The van der Waals surface area contributed by atoms with Crippen molar-refractivity contribution in [2.45, 2.75) is 31.8 Å². The van der Waals surface area contributed by atoms with Crippen molar-refractivity contribution in [1.82, 2.24) is 5.32 Å². The number of nitrogens with one attached hydrogen (secondary N) is 1. The number of nitrogens with two attached hydrogens (primary N) is 1. The first kappa shape index (κ1) is 15.4. The van der Waals surface area contributed by atoms with Gasteiger partial charge < -0.3 is 15.8 Å². The molecule has 2 rings (SSSR count). The number of ether oxygens (including phenoxy) is 1. The highest BCUT2D eigenvalue weighted by molar-refractivity contribution is 7.11. The van der Waals surface area contributed by atoms with Crippen molar-refractivity contribution in [3.8, 4) is 0 Å². The normalized spacial score (nSPS) is 17.9. The highest BCUT2D eigenvalue weighted by atomic mass is 35.5. The summed E-state index contributed by atoms with van der Waals surface area (Å²) in [5.74, 6) is -0.0631. The van der Waals surface area contributed by atoms with Crippen LogP contribution < -0.4 is 11.1 Å². The van der Waals surface area contributed by atoms with Crippen LogP contribution in [0.3, 0.4) is 0 Å². The van der Waals surface area contributed by atoms with Crippen molar-refractivity contribution in [3.63, 3.8) is 0 Å². The average Bonchev–Trinajstić information content (AvgIpc) is 2.73. The Kier molecular flexibility index (Phi) is 5.59. The number of rotatable bonds is 3. The van der Waals surface area contributed by atoms with Crippen molar-refractivity contribution in [3.05, 3.63) is 21.9 Å². The molecule has 0 aromatic carbocycles. The molecule has 1 aliphatic rings. The van der Waals surface area contributed by atoms with Crippen LogP contribution in [0.2, 0.25) is 0 Å². The molecule has 3 N–H and O–H groups in total. The zero-order chi connectivity index (χ0) is 12.3. The minimum Gasteiger partial charge on any atom is -0.381 e. The Labute approximate surface area is 117 Å². The Balaban J connectivity index is 0.00000162. The zero-order valence-corrected chi connectivity index (χ0v) is 12.0. The summed E-state index contributed by atoms with van der Waals surface area (Å²) in [7, 11) is 0. The lowest BCUT2D eigenvalue weighted by Gasteiger charge is -2.31. The van der Waals surface area contributed by atoms with Crippen LogP contribution in [0.4, 0.5) is 0 Å². The second-order valence-electron chi connectivity index (χ2n) is 4.46. The molecule has 1 saturated heterocycles. The third kappa shape index (κ3) is 3.68. The van der Waals surface area contributed by atoms with E-state index in [-0.39, 0.29) is 18.3 Å². The molecule has 1 aromatic rings. The summed E-state index contributed by atoms with van der Waals surface area (Å²) in [6.45, 7) is 3.76. The van der Waals surface area contributed by atoms with Gasteiger partial charge in [-0.05, 0) is 31.9 Å². The maximum atomic E-state index is 12.0. The molecule has 2 heterocycles. The molecule has 1 aromatic heterocycles. The van der Waals surface area contributed by atoms with Gasteiger partial charge >= 0.3 is 0 Å². The second-order valence-corrected chi connectivity index (χ2v) is 5.84. The standard InChI is InChI=1S/C12H18N2O2S.ClH/c1-9-2-3-10(17-9)8-14-11(15)12(13)4-6-16-7-5-12;/h2-3H,4-8,13H2,1H3,(H,14,15);1H. The van der Waals surface area contributed by atoms with Crippen LogP contribution in [0.25, 0.3) is 0 Å². The molecule has 0 unspecified atom stereocenters. The Hall–Kier alpha value is -0.620. The number of thiophene rings is 1. The van der Waals surface area contributed by atoms with Crippen LogP contribution in [0.5, 0.6) is 0 Å². The summed E-state index contributed by atoms with van der Waals surface area (Å²) >= 11 is 1.70. The molecule has 0 radical (unpaired) electrons. The Bertz CT molecular complexity index is 403. The maximum Gasteiger partial charge on any atom is 0.240 e. The van der Waals surface area contributed by atoms with Gasteiger partial charge in [-0.1, -0.05) is 0 Å². The Morgan fingerprint density at radius 3 is 2.72 bits per heavy atom. The van der Waals surface area contributed by atoms with Crippen molar-refractivity contribution in [2.24, 2.45) is 5.73 Å². The monoisotopic (exact) mass is 290 g/mol. The van der Waals surface area contributed by atoms with Crippen LogP contribution in [0.15, 0.2) is 12.1 Å². The molecule has 0 atom stereocenters. The third-order valence-corrected chi connectivity index (χ3v) is 4.06. The van der Waals surface area contributed by atoms with Crippen molar-refractivity contribution < 1.29 is 9.53 Å². The number of hydrogen-bond acceptors (Lipinski definition) is 4. The van der Waals surface area contributed by atoms with E-state index in [0.717, 1.165) is 4.88 Å². The van der Waals surface area contributed by atoms with Gasteiger partial charge in [0, 0.05) is 23.0 Å². The molecule has 1 aliphatic heterocycles. The van der Waals surface area contributed by atoms with Gasteiger partial charge in [0.2, 0.25) is 5.91 Å². The highest BCUT2D eigenvalue weighted by Crippen LogP contribution is 2.19. The van der Waals surface area contributed by atoms with Gasteiger partial charge in [0.1, 0.15) is 0 Å². The van der Waals surface area contributed by atoms with E-state index in [1.165, 1.54) is 4.88 Å². The summed E-state index contributed by atoms with van der Waals surface area (Å²) in [6, 6.07) is 4.09. The number of aryl methyl sites for hydroxylation is 1. The molecule has 4 nitrogen and oxygen atoms in total. The first-order valence-corrected chi connectivity index (χ1v) is 6.62. The molecular weight excluding hydrogens is 272 g/mol. The van der Waals surface area contributed by atoms with Gasteiger partial charge in [0.05, 0.1) is 12.1 Å². The van der Waals surface area contributed by atoms with Crippen LogP contribution >= 0.6 is 23.7 Å². The van der Waals surface area contributed by atoms with Crippen molar-refractivity contribution >= 4 is 29.7 Å². The number of amides is 1. The lowest BCUT2D eigenvalue weighted by molar-refractivity contribution is -0.129. The molecule has 0 saturated carbocycles. The van der Waals surface area contributed by atoms with E-state index < -0.39 is 5.54 Å². The molecule has 102 valence electrons. The summed E-state index contributed by atoms with van der Waals surface area (Å²) in [5, 5.41) is 2.91. The SMILES string of the molecule is Cc1ccc(CNC(=O)C2(N)CCOCC2)s1.Cl. The van der Waals surface area contributed by atoms with Crippen LogP contribution in [0.1, 0.15) is 22.6 Å². The highest BCUT2D eigenvalue weighted by Gasteiger charge is 2.35. The van der Waals surface area contributed by atoms with Crippen molar-refractivity contribution in [2.75, 3.05) is 13.2 Å². The van der Waals surface area contributed by atoms with Gasteiger partial charge in [-0.15, -0.1) is 23.7 Å². The van der Waals surface area contributed by atoms with E-state index in [9.17, 15) is 4.79 Å². The summed E-state index contributed by atoms with van der Waals surface area (Å²) in [6.07, 6.45) is 1.20. The average molecular weight is 291 g/mol. The Morgan fingerprint density at radius 2 is 2.17 bits per heavy atom. The molecule has 0 aliphatic carbocycles. The minimum absolute atomic E-state index is 0. The van der Waals surface area contributed by atoms with Gasteiger partial charge in [-0.3, -0.25) is 4.79 Å². The maximum absolute atomic E-state index is 12.0. The van der Waals surface area contributed by atoms with Gasteiger partial charge in [-0.25, -0.2) is 0 Å². The van der Waals surface area contributed by atoms with E-state index in [2.05, 4.69) is 18.3 Å². The molecule has 0 spiro atoms. The fourth-order valence-electron chi connectivity index (χ4n) is 1.89. The summed E-state index contributed by atoms with van der Waals surface area (Å²) < 4.78 is 5.22. The lowest BCUT2D eigenvalue weighted by Crippen LogP contribution is -2.56. The van der Waals surface area contributed by atoms with Gasteiger partial charge in [0.25, 0.3) is 0 Å². The molecule has 18 heavy (non-hydrogen) atoms. The topological polar surface area (TPSA) is 64.4 Å². The molecule has 1 fully saturated rings. The lowest BCUT2D eigenvalue weighted by atomic mass is 9.90. The van der Waals surface area contributed by atoms with E-state index in [1.54, 1.807) is 11.3 Å². The number of carbonyl (C=O) groups is 1. The third-order valence-electron chi connectivity index (χ3n) is 3.06. The minimum atomic E-state index is -0.745. The first-order chi connectivity index (χ1) is 8.10. The van der Waals surface area contributed by atoms with Crippen LogP contribution in [-0.2, 0) is 16.1 Å². The fraction of sp³-hybridized carbons (Fsp3) is 0.583. The number of hydrogen-bond donors (Lipinski definition) is 2. The summed E-state index contributed by atoms with van der Waals surface area (Å²) in [4.78, 5) is 14.4. The molecular formula is C12H19ClN2O2S. The smallest absolute Gasteiger partial charge is 0.240 e. The first-order valence-electron chi connectivity index (χ1n) is 5.80. The van der Waals surface area contributed by atoms with Gasteiger partial charge in [0.15, 0.2) is 0 Å². The van der Waals surface area contributed by atoms with E-state index >= 15 is 0 Å².